The van der Waals surface area contributed by atoms with Gasteiger partial charge in [-0.3, -0.25) is 0 Å². The van der Waals surface area contributed by atoms with Crippen LogP contribution in [0, 0.1) is 11.3 Å². The third kappa shape index (κ3) is 1.09. The van der Waals surface area contributed by atoms with E-state index in [0.717, 1.165) is 0 Å². The Morgan fingerprint density at radius 3 is 3.00 bits per heavy atom. The van der Waals surface area contributed by atoms with Crippen molar-refractivity contribution in [1.29, 1.82) is 5.26 Å². The summed E-state index contributed by atoms with van der Waals surface area (Å²) in [6.07, 6.45) is 0.649. The summed E-state index contributed by atoms with van der Waals surface area (Å²) in [5.74, 6) is 0. The van der Waals surface area contributed by atoms with Gasteiger partial charge in [0.05, 0.1) is 5.69 Å². The zero-order valence-corrected chi connectivity index (χ0v) is 4.70. The first-order valence-corrected chi connectivity index (χ1v) is 2.55. The number of H-pyrrole nitrogens is 1. The number of nitrogens with one attached hydrogen (secondary N) is 1. The molecule has 0 aliphatic carbocycles. The molecule has 0 radical (unpaired) electrons. The van der Waals surface area contributed by atoms with Gasteiger partial charge in [0.25, 0.3) is 0 Å². The molecule has 0 spiro atoms. The van der Waals surface area contributed by atoms with Crippen molar-refractivity contribution in [3.63, 3.8) is 0 Å². The molecule has 46 valence electrons. The van der Waals surface area contributed by atoms with Crippen molar-refractivity contribution < 1.29 is 5.11 Å². The van der Waals surface area contributed by atoms with E-state index in [4.69, 9.17) is 10.4 Å². The van der Waals surface area contributed by atoms with Crippen molar-refractivity contribution in [2.24, 2.45) is 0 Å². The molecule has 2 N–H and O–H groups in total. The average Bonchev–Trinajstić information content (AvgIpc) is 2.37. The van der Waals surface area contributed by atoms with Gasteiger partial charge >= 0.3 is 0 Å². The molecule has 0 bridgehead atoms. The van der Waals surface area contributed by atoms with E-state index < -0.39 is 6.10 Å². The van der Waals surface area contributed by atoms with Gasteiger partial charge in [-0.1, -0.05) is 0 Å². The van der Waals surface area contributed by atoms with Gasteiger partial charge in [0.2, 0.25) is 0 Å². The fourth-order valence-corrected chi connectivity index (χ4v) is 0.584. The Morgan fingerprint density at radius 2 is 2.56 bits per heavy atom. The predicted molar refractivity (Wildman–Crippen MR) is 31.4 cm³/mol. The second-order valence-electron chi connectivity index (χ2n) is 1.66. The van der Waals surface area contributed by atoms with Crippen LogP contribution in [-0.4, -0.2) is 10.1 Å². The summed E-state index contributed by atoms with van der Waals surface area (Å²) in [4.78, 5) is 2.72. The molecule has 0 aromatic carbocycles. The first-order chi connectivity index (χ1) is 4.34. The first-order valence-electron chi connectivity index (χ1n) is 2.55. The molecule has 1 unspecified atom stereocenters. The van der Waals surface area contributed by atoms with Gasteiger partial charge < -0.3 is 10.1 Å². The van der Waals surface area contributed by atoms with E-state index in [1.54, 1.807) is 24.4 Å². The zero-order valence-electron chi connectivity index (χ0n) is 4.70. The molecule has 3 nitrogen and oxygen atoms in total. The van der Waals surface area contributed by atoms with Crippen LogP contribution in [0.3, 0.4) is 0 Å². The van der Waals surface area contributed by atoms with Crippen molar-refractivity contribution in [3.05, 3.63) is 24.0 Å². The van der Waals surface area contributed by atoms with Crippen molar-refractivity contribution in [2.45, 2.75) is 6.10 Å². The fourth-order valence-electron chi connectivity index (χ4n) is 0.584. The summed E-state index contributed by atoms with van der Waals surface area (Å²) >= 11 is 0. The first kappa shape index (κ1) is 5.86. The van der Waals surface area contributed by atoms with Crippen molar-refractivity contribution in [1.82, 2.24) is 4.98 Å². The predicted octanol–water partition coefficient (Wildman–Crippen LogP) is 0.572. The minimum Gasteiger partial charge on any atom is -0.373 e. The highest BCUT2D eigenvalue weighted by molar-refractivity contribution is 5.12. The van der Waals surface area contributed by atoms with Gasteiger partial charge in [-0.25, -0.2) is 0 Å². The SMILES string of the molecule is N#CC(O)c1ccc[nH]1. The normalized spacial score (nSPS) is 12.4. The van der Waals surface area contributed by atoms with E-state index in [1.807, 2.05) is 0 Å². The summed E-state index contributed by atoms with van der Waals surface area (Å²) in [5, 5.41) is 17.0. The molecule has 1 atom stereocenters. The molecule has 1 heterocycles. The lowest BCUT2D eigenvalue weighted by atomic mass is 10.3. The molecule has 9 heavy (non-hydrogen) atoms. The zero-order chi connectivity index (χ0) is 6.69. The maximum atomic E-state index is 8.83. The van der Waals surface area contributed by atoms with Crippen LogP contribution >= 0.6 is 0 Å². The third-order valence-electron chi connectivity index (χ3n) is 1.04. The van der Waals surface area contributed by atoms with Crippen LogP contribution in [0.1, 0.15) is 11.8 Å². The Labute approximate surface area is 52.6 Å². The monoisotopic (exact) mass is 122 g/mol. The molecule has 1 aromatic rings. The molecule has 1 aromatic heterocycles. The minimum atomic E-state index is -1.01. The number of hydrogen-bond donors (Lipinski definition) is 2. The van der Waals surface area contributed by atoms with Crippen LogP contribution in [0.4, 0.5) is 0 Å². The summed E-state index contributed by atoms with van der Waals surface area (Å²) in [6.45, 7) is 0. The summed E-state index contributed by atoms with van der Waals surface area (Å²) < 4.78 is 0. The Bertz CT molecular complexity index is 209. The number of nitrogens with zero attached hydrogens (tertiary/aromatic N) is 1. The maximum absolute atomic E-state index is 8.83. The van der Waals surface area contributed by atoms with E-state index in [2.05, 4.69) is 4.98 Å². The van der Waals surface area contributed by atoms with Crippen LogP contribution in [-0.2, 0) is 0 Å². The van der Waals surface area contributed by atoms with Crippen molar-refractivity contribution >= 4 is 0 Å². The van der Waals surface area contributed by atoms with Crippen molar-refractivity contribution in [2.75, 3.05) is 0 Å². The van der Waals surface area contributed by atoms with Gasteiger partial charge in [-0.15, -0.1) is 0 Å². The fraction of sp³-hybridized carbons (Fsp3) is 0.167. The highest BCUT2D eigenvalue weighted by atomic mass is 16.3. The molecule has 0 aliphatic rings. The third-order valence-corrected chi connectivity index (χ3v) is 1.04. The topological polar surface area (TPSA) is 59.8 Å². The number of aromatic nitrogens is 1. The van der Waals surface area contributed by atoms with Gasteiger partial charge in [0, 0.05) is 6.20 Å². The lowest BCUT2D eigenvalue weighted by Gasteiger charge is -1.93. The maximum Gasteiger partial charge on any atom is 0.180 e. The Hall–Kier alpha value is -1.27. The van der Waals surface area contributed by atoms with Crippen LogP contribution in [0.5, 0.6) is 0 Å². The molecule has 1 rings (SSSR count). The molecule has 0 saturated heterocycles. The van der Waals surface area contributed by atoms with Gasteiger partial charge in [-0.2, -0.15) is 5.26 Å². The Morgan fingerprint density at radius 1 is 1.78 bits per heavy atom. The van der Waals surface area contributed by atoms with E-state index >= 15 is 0 Å². The van der Waals surface area contributed by atoms with E-state index in [1.165, 1.54) is 0 Å². The molecule has 0 fully saturated rings. The van der Waals surface area contributed by atoms with E-state index in [-0.39, 0.29) is 0 Å². The average molecular weight is 122 g/mol. The molecule has 0 saturated carbocycles. The van der Waals surface area contributed by atoms with Gasteiger partial charge in [-0.05, 0) is 12.1 Å². The second-order valence-corrected chi connectivity index (χ2v) is 1.66. The molecular formula is C6H6N2O. The van der Waals surface area contributed by atoms with Crippen molar-refractivity contribution in [3.8, 4) is 6.07 Å². The highest BCUT2D eigenvalue weighted by Gasteiger charge is 2.03. The number of nitriles is 1. The Balaban J connectivity index is 2.80. The standard InChI is InChI=1S/C6H6N2O/c7-4-6(9)5-2-1-3-8-5/h1-3,6,8-9H. The van der Waals surface area contributed by atoms with Crippen LogP contribution in [0.25, 0.3) is 0 Å². The second kappa shape index (κ2) is 2.33. The van der Waals surface area contributed by atoms with Gasteiger partial charge in [0.15, 0.2) is 6.10 Å². The van der Waals surface area contributed by atoms with E-state index in [0.29, 0.717) is 5.69 Å². The molecule has 0 amide bonds. The summed E-state index contributed by atoms with van der Waals surface area (Å²) in [6, 6.07) is 5.08. The minimum absolute atomic E-state index is 0.539. The number of aliphatic hydroxyl groups is 1. The smallest absolute Gasteiger partial charge is 0.180 e. The lowest BCUT2D eigenvalue weighted by molar-refractivity contribution is 0.231. The lowest BCUT2D eigenvalue weighted by Crippen LogP contribution is -1.91. The van der Waals surface area contributed by atoms with Crippen LogP contribution in [0.2, 0.25) is 0 Å². The van der Waals surface area contributed by atoms with Gasteiger partial charge in [0.1, 0.15) is 6.07 Å². The summed E-state index contributed by atoms with van der Waals surface area (Å²) in [7, 11) is 0. The van der Waals surface area contributed by atoms with Crippen LogP contribution in [0.15, 0.2) is 18.3 Å². The quantitative estimate of drug-likeness (QED) is 0.535. The number of aromatic amines is 1. The molecule has 0 aliphatic heterocycles. The Kier molecular flexibility index (Phi) is 1.52. The number of hydrogen-bond acceptors (Lipinski definition) is 2. The summed E-state index contributed by atoms with van der Waals surface area (Å²) in [5.41, 5.74) is 0.539. The van der Waals surface area contributed by atoms with E-state index in [9.17, 15) is 0 Å². The highest BCUT2D eigenvalue weighted by Crippen LogP contribution is 2.06. The largest absolute Gasteiger partial charge is 0.373 e. The van der Waals surface area contributed by atoms with Crippen LogP contribution < -0.4 is 0 Å². The molecular weight excluding hydrogens is 116 g/mol. The number of rotatable bonds is 1. The molecule has 3 heteroatoms. The number of aliphatic hydroxyl groups excluding tert-OH is 1.